The standard InChI is InChI=1S/C35H52O6/c1-10-14-24(13-4)32(38)41-31-21(6)18-34-22(7)16-27-28(33(27,9)15-11-2)26(30(34)37)17-25(29(36)35(31,34)39)19-40-23(8)20(5)12-3/h12-13,17-18,22,26-31,36-37,39H,8,10-11,14-16,19H2,1-7,9H3. The van der Waals surface area contributed by atoms with Crippen LogP contribution in [0.5, 0.6) is 0 Å². The van der Waals surface area contributed by atoms with Gasteiger partial charge in [-0.1, -0.05) is 71.4 Å². The number of fused-ring (bicyclic) bond motifs is 3. The van der Waals surface area contributed by atoms with Gasteiger partial charge in [0.2, 0.25) is 0 Å². The number of rotatable bonds is 10. The summed E-state index contributed by atoms with van der Waals surface area (Å²) in [5, 5.41) is 37.5. The van der Waals surface area contributed by atoms with Gasteiger partial charge in [0.1, 0.15) is 24.1 Å². The minimum atomic E-state index is -1.98. The van der Waals surface area contributed by atoms with Crippen molar-refractivity contribution in [2.75, 3.05) is 6.61 Å². The minimum absolute atomic E-state index is 0.0126. The average molecular weight is 569 g/mol. The maximum absolute atomic E-state index is 13.4. The van der Waals surface area contributed by atoms with E-state index in [9.17, 15) is 20.1 Å². The van der Waals surface area contributed by atoms with Gasteiger partial charge in [0.05, 0.1) is 11.5 Å². The van der Waals surface area contributed by atoms with Crippen molar-refractivity contribution in [1.82, 2.24) is 0 Å². The Morgan fingerprint density at radius 3 is 2.46 bits per heavy atom. The maximum atomic E-state index is 13.4. The molecular weight excluding hydrogens is 516 g/mol. The van der Waals surface area contributed by atoms with Gasteiger partial charge in [0.25, 0.3) is 0 Å². The molecule has 3 N–H and O–H groups in total. The van der Waals surface area contributed by atoms with E-state index in [2.05, 4.69) is 27.4 Å². The first kappa shape index (κ1) is 31.8. The molecule has 0 aromatic carbocycles. The van der Waals surface area contributed by atoms with Crippen LogP contribution in [0, 0.1) is 34.5 Å². The number of aliphatic hydroxyl groups excluding tert-OH is 2. The summed E-state index contributed by atoms with van der Waals surface area (Å²) < 4.78 is 12.2. The van der Waals surface area contributed by atoms with Crippen molar-refractivity contribution in [2.45, 2.75) is 111 Å². The Hall–Kier alpha value is -2.15. The number of ether oxygens (including phenoxy) is 2. The third kappa shape index (κ3) is 4.69. The van der Waals surface area contributed by atoms with E-state index in [4.69, 9.17) is 9.47 Å². The molecule has 0 aromatic rings. The van der Waals surface area contributed by atoms with Crippen LogP contribution in [0.1, 0.15) is 87.5 Å². The number of esters is 1. The average Bonchev–Trinajstić information content (AvgIpc) is 3.46. The smallest absolute Gasteiger partial charge is 0.334 e. The zero-order valence-corrected chi connectivity index (χ0v) is 26.4. The Morgan fingerprint density at radius 2 is 1.88 bits per heavy atom. The van der Waals surface area contributed by atoms with Crippen LogP contribution in [-0.2, 0) is 14.3 Å². The van der Waals surface area contributed by atoms with Crippen molar-refractivity contribution in [3.05, 3.63) is 58.9 Å². The second kappa shape index (κ2) is 11.5. The summed E-state index contributed by atoms with van der Waals surface area (Å²) in [6.45, 7) is 20.1. The molecule has 0 heterocycles. The molecule has 10 atom stereocenters. The number of carbonyl (C=O) groups excluding carboxylic acids is 1. The van der Waals surface area contributed by atoms with Crippen LogP contribution in [-0.4, -0.2) is 51.8 Å². The topological polar surface area (TPSA) is 96.2 Å². The summed E-state index contributed by atoms with van der Waals surface area (Å²) >= 11 is 0. The fourth-order valence-electron chi connectivity index (χ4n) is 8.86. The van der Waals surface area contributed by atoms with Gasteiger partial charge in [0, 0.05) is 11.5 Å². The van der Waals surface area contributed by atoms with Gasteiger partial charge < -0.3 is 24.8 Å². The SMILES string of the molecule is C=C(OCC1=CC2C3C(CC(C)C4(C=C(C)C(OC(=O)C(=CC)CCC)C4(O)C1O)C2O)C3(C)CCC)C(C)=CC. The van der Waals surface area contributed by atoms with Gasteiger partial charge >= 0.3 is 5.97 Å². The molecule has 10 unspecified atom stereocenters. The molecule has 228 valence electrons. The van der Waals surface area contributed by atoms with E-state index in [1.54, 1.807) is 13.0 Å². The molecule has 0 amide bonds. The second-order valence-corrected chi connectivity index (χ2v) is 13.4. The lowest BCUT2D eigenvalue weighted by Gasteiger charge is -2.52. The van der Waals surface area contributed by atoms with Gasteiger partial charge in [0.15, 0.2) is 6.10 Å². The first-order valence-electron chi connectivity index (χ1n) is 15.6. The van der Waals surface area contributed by atoms with Crippen molar-refractivity contribution >= 4 is 5.97 Å². The van der Waals surface area contributed by atoms with Crippen LogP contribution >= 0.6 is 0 Å². The molecule has 4 rings (SSSR count). The molecule has 4 aliphatic carbocycles. The Morgan fingerprint density at radius 1 is 1.20 bits per heavy atom. The normalized spacial score (nSPS) is 41.8. The van der Waals surface area contributed by atoms with Crippen LogP contribution in [0.2, 0.25) is 0 Å². The molecule has 1 spiro atoms. The Bertz CT molecular complexity index is 1180. The fourth-order valence-corrected chi connectivity index (χ4v) is 8.86. The van der Waals surface area contributed by atoms with Gasteiger partial charge in [-0.05, 0) is 86.8 Å². The lowest BCUT2D eigenvalue weighted by molar-refractivity contribution is -0.223. The largest absolute Gasteiger partial charge is 0.490 e. The molecule has 0 radical (unpaired) electrons. The molecule has 0 aliphatic heterocycles. The summed E-state index contributed by atoms with van der Waals surface area (Å²) in [4.78, 5) is 13.4. The summed E-state index contributed by atoms with van der Waals surface area (Å²) in [6, 6.07) is 0. The molecule has 4 aliphatic rings. The van der Waals surface area contributed by atoms with Gasteiger partial charge in [-0.15, -0.1) is 0 Å². The van der Waals surface area contributed by atoms with E-state index in [0.29, 0.717) is 34.8 Å². The van der Waals surface area contributed by atoms with Crippen molar-refractivity contribution in [3.63, 3.8) is 0 Å². The third-order valence-electron chi connectivity index (χ3n) is 11.2. The molecule has 2 saturated carbocycles. The minimum Gasteiger partial charge on any atom is -0.490 e. The number of aliphatic hydroxyl groups is 3. The van der Waals surface area contributed by atoms with Gasteiger partial charge in [-0.25, -0.2) is 4.79 Å². The highest BCUT2D eigenvalue weighted by atomic mass is 16.6. The third-order valence-corrected chi connectivity index (χ3v) is 11.2. The second-order valence-electron chi connectivity index (χ2n) is 13.4. The van der Waals surface area contributed by atoms with Crippen molar-refractivity contribution in [3.8, 4) is 0 Å². The highest BCUT2D eigenvalue weighted by molar-refractivity contribution is 5.88. The number of hydrogen-bond acceptors (Lipinski definition) is 6. The van der Waals surface area contributed by atoms with Gasteiger partial charge in [-0.2, -0.15) is 0 Å². The van der Waals surface area contributed by atoms with Crippen LogP contribution in [0.15, 0.2) is 58.9 Å². The summed E-state index contributed by atoms with van der Waals surface area (Å²) in [7, 11) is 0. The van der Waals surface area contributed by atoms with E-state index < -0.39 is 35.3 Å². The van der Waals surface area contributed by atoms with Crippen LogP contribution in [0.4, 0.5) is 0 Å². The first-order chi connectivity index (χ1) is 19.3. The zero-order valence-electron chi connectivity index (χ0n) is 26.4. The van der Waals surface area contributed by atoms with Crippen molar-refractivity contribution in [1.29, 1.82) is 0 Å². The predicted octanol–water partition coefficient (Wildman–Crippen LogP) is 6.19. The highest BCUT2D eigenvalue weighted by Gasteiger charge is 2.76. The lowest BCUT2D eigenvalue weighted by atomic mass is 9.58. The molecule has 6 heteroatoms. The fraction of sp³-hybridized carbons (Fsp3) is 0.686. The Balaban J connectivity index is 1.84. The maximum Gasteiger partial charge on any atom is 0.334 e. The van der Waals surface area contributed by atoms with E-state index >= 15 is 0 Å². The Labute approximate surface area is 246 Å². The highest BCUT2D eigenvalue weighted by Crippen LogP contribution is 2.74. The van der Waals surface area contributed by atoms with E-state index in [1.165, 1.54) is 0 Å². The van der Waals surface area contributed by atoms with E-state index in [-0.39, 0.29) is 29.8 Å². The monoisotopic (exact) mass is 568 g/mol. The van der Waals surface area contributed by atoms with Crippen molar-refractivity contribution in [2.24, 2.45) is 34.5 Å². The number of allylic oxidation sites excluding steroid dienone is 3. The number of carbonyl (C=O) groups is 1. The molecule has 2 fully saturated rings. The summed E-state index contributed by atoms with van der Waals surface area (Å²) in [6.07, 6.45) is 8.31. The summed E-state index contributed by atoms with van der Waals surface area (Å²) in [5.41, 5.74) is -0.537. The first-order valence-corrected chi connectivity index (χ1v) is 15.6. The summed E-state index contributed by atoms with van der Waals surface area (Å²) in [5.74, 6) is 0.144. The van der Waals surface area contributed by atoms with Gasteiger partial charge in [-0.3, -0.25) is 0 Å². The molecule has 0 aromatic heterocycles. The van der Waals surface area contributed by atoms with Crippen LogP contribution in [0.3, 0.4) is 0 Å². The zero-order chi connectivity index (χ0) is 30.5. The lowest BCUT2D eigenvalue weighted by Crippen LogP contribution is -2.67. The Kier molecular flexibility index (Phi) is 8.91. The molecule has 6 nitrogen and oxygen atoms in total. The van der Waals surface area contributed by atoms with E-state index in [1.807, 2.05) is 45.9 Å². The molecule has 2 bridgehead atoms. The van der Waals surface area contributed by atoms with Crippen LogP contribution < -0.4 is 0 Å². The quantitative estimate of drug-likeness (QED) is 0.0956. The predicted molar refractivity (Wildman–Crippen MR) is 162 cm³/mol. The molecular formula is C35H52O6. The molecule has 41 heavy (non-hydrogen) atoms. The van der Waals surface area contributed by atoms with Crippen LogP contribution in [0.25, 0.3) is 0 Å². The molecule has 0 saturated heterocycles. The number of hydrogen-bond donors (Lipinski definition) is 3. The van der Waals surface area contributed by atoms with E-state index in [0.717, 1.165) is 31.3 Å². The van der Waals surface area contributed by atoms with Crippen molar-refractivity contribution < 1.29 is 29.6 Å².